The molecule has 134 valence electrons. The summed E-state index contributed by atoms with van der Waals surface area (Å²) in [4.78, 5) is 0. The summed E-state index contributed by atoms with van der Waals surface area (Å²) in [5, 5.41) is 29.4. The Morgan fingerprint density at radius 2 is 1.41 bits per heavy atom. The van der Waals surface area contributed by atoms with Gasteiger partial charge in [0.25, 0.3) is 0 Å². The summed E-state index contributed by atoms with van der Waals surface area (Å²) in [7, 11) is 0. The van der Waals surface area contributed by atoms with E-state index in [0.717, 1.165) is 25.9 Å². The van der Waals surface area contributed by atoms with Gasteiger partial charge in [-0.15, -0.1) is 0 Å². The predicted molar refractivity (Wildman–Crippen MR) is 90.1 cm³/mol. The lowest BCUT2D eigenvalue weighted by Crippen LogP contribution is -2.42. The highest BCUT2D eigenvalue weighted by Gasteiger charge is 2.16. The SMILES string of the molecule is CC(C)CCCCCCCCCOCCCN([O-])C(C)(O)O. The number of unbranched alkanes of at least 4 members (excludes halogenated alkanes) is 6. The minimum Gasteiger partial charge on any atom is -0.781 e. The van der Waals surface area contributed by atoms with Crippen molar-refractivity contribution in [3.05, 3.63) is 5.21 Å². The molecule has 0 bridgehead atoms. The van der Waals surface area contributed by atoms with E-state index in [9.17, 15) is 5.21 Å². The van der Waals surface area contributed by atoms with E-state index >= 15 is 0 Å². The van der Waals surface area contributed by atoms with Crippen LogP contribution in [0.2, 0.25) is 0 Å². The monoisotopic (exact) mass is 318 g/mol. The van der Waals surface area contributed by atoms with Gasteiger partial charge in [-0.1, -0.05) is 58.8 Å². The molecule has 0 radical (unpaired) electrons. The molecule has 0 amide bonds. The molecule has 0 saturated heterocycles. The molecule has 22 heavy (non-hydrogen) atoms. The zero-order chi connectivity index (χ0) is 16.8. The number of hydroxylamine groups is 2. The summed E-state index contributed by atoms with van der Waals surface area (Å²) in [5.74, 6) is -1.45. The van der Waals surface area contributed by atoms with Gasteiger partial charge in [0.05, 0.1) is 0 Å². The normalized spacial score (nSPS) is 12.5. The third kappa shape index (κ3) is 14.7. The first-order chi connectivity index (χ1) is 10.3. The number of rotatable bonds is 15. The number of aliphatic hydroxyl groups is 2. The van der Waals surface area contributed by atoms with Gasteiger partial charge < -0.3 is 25.2 Å². The molecule has 0 spiro atoms. The number of hydrogen-bond acceptors (Lipinski definition) is 5. The van der Waals surface area contributed by atoms with E-state index in [4.69, 9.17) is 14.9 Å². The van der Waals surface area contributed by atoms with Gasteiger partial charge in [-0.05, 0) is 25.3 Å². The van der Waals surface area contributed by atoms with Crippen molar-refractivity contribution in [1.29, 1.82) is 0 Å². The number of nitrogens with zero attached hydrogens (tertiary/aromatic N) is 1. The zero-order valence-corrected chi connectivity index (χ0v) is 14.7. The first kappa shape index (κ1) is 21.8. The van der Waals surface area contributed by atoms with Crippen LogP contribution in [0.3, 0.4) is 0 Å². The Hall–Kier alpha value is -0.200. The maximum Gasteiger partial charge on any atom is 0.210 e. The van der Waals surface area contributed by atoms with Crippen molar-refractivity contribution in [3.63, 3.8) is 0 Å². The molecule has 0 unspecified atom stereocenters. The molecule has 0 rings (SSSR count). The van der Waals surface area contributed by atoms with Crippen LogP contribution in [0.5, 0.6) is 0 Å². The van der Waals surface area contributed by atoms with Crippen molar-refractivity contribution >= 4 is 0 Å². The van der Waals surface area contributed by atoms with Gasteiger partial charge in [0, 0.05) is 20.1 Å². The fraction of sp³-hybridized carbons (Fsp3) is 1.00. The molecule has 0 aromatic heterocycles. The van der Waals surface area contributed by atoms with Crippen LogP contribution in [-0.2, 0) is 4.74 Å². The minimum atomic E-state index is -2.28. The third-order valence-corrected chi connectivity index (χ3v) is 3.69. The summed E-state index contributed by atoms with van der Waals surface area (Å²) < 4.78 is 5.44. The van der Waals surface area contributed by atoms with Crippen LogP contribution < -0.4 is 0 Å². The van der Waals surface area contributed by atoms with Crippen molar-refractivity contribution in [3.8, 4) is 0 Å². The van der Waals surface area contributed by atoms with E-state index in [1.54, 1.807) is 0 Å². The van der Waals surface area contributed by atoms with Crippen molar-refractivity contribution < 1.29 is 14.9 Å². The molecule has 0 aliphatic rings. The average molecular weight is 318 g/mol. The molecular weight excluding hydrogens is 282 g/mol. The summed E-state index contributed by atoms with van der Waals surface area (Å²) in [6.07, 6.45) is 10.8. The highest BCUT2D eigenvalue weighted by molar-refractivity contribution is 4.62. The van der Waals surface area contributed by atoms with Crippen molar-refractivity contribution in [2.75, 3.05) is 19.8 Å². The van der Waals surface area contributed by atoms with Crippen LogP contribution in [0.15, 0.2) is 0 Å². The third-order valence-electron chi connectivity index (χ3n) is 3.69. The largest absolute Gasteiger partial charge is 0.781 e. The Bertz CT molecular complexity index is 241. The molecule has 0 atom stereocenters. The van der Waals surface area contributed by atoms with Gasteiger partial charge in [-0.25, -0.2) is 0 Å². The molecule has 5 nitrogen and oxygen atoms in total. The number of ether oxygens (including phenoxy) is 1. The van der Waals surface area contributed by atoms with Crippen molar-refractivity contribution in [2.24, 2.45) is 5.92 Å². The average Bonchev–Trinajstić information content (AvgIpc) is 2.42. The van der Waals surface area contributed by atoms with Gasteiger partial charge in [0.1, 0.15) is 0 Å². The summed E-state index contributed by atoms with van der Waals surface area (Å²) in [5.41, 5.74) is 0. The van der Waals surface area contributed by atoms with Crippen LogP contribution in [-0.4, -0.2) is 40.9 Å². The zero-order valence-electron chi connectivity index (χ0n) is 14.7. The second-order valence-corrected chi connectivity index (χ2v) is 6.70. The Labute approximate surface area is 136 Å². The van der Waals surface area contributed by atoms with Gasteiger partial charge in [-0.2, -0.15) is 0 Å². The molecular formula is C17H36NO4-. The Morgan fingerprint density at radius 3 is 1.95 bits per heavy atom. The van der Waals surface area contributed by atoms with Gasteiger partial charge in [-0.3, -0.25) is 0 Å². The fourth-order valence-electron chi connectivity index (χ4n) is 2.26. The molecule has 0 aromatic rings. The molecule has 0 saturated carbocycles. The van der Waals surface area contributed by atoms with E-state index in [0.29, 0.717) is 13.0 Å². The molecule has 0 aliphatic heterocycles. The Kier molecular flexibility index (Phi) is 13.1. The molecule has 0 aliphatic carbocycles. The Morgan fingerprint density at radius 1 is 0.909 bits per heavy atom. The Balaban J connectivity index is 3.15. The van der Waals surface area contributed by atoms with Crippen LogP contribution in [0.1, 0.15) is 78.6 Å². The summed E-state index contributed by atoms with van der Waals surface area (Å²) in [6, 6.07) is 0. The first-order valence-corrected chi connectivity index (χ1v) is 8.81. The van der Waals surface area contributed by atoms with Gasteiger partial charge in [0.15, 0.2) is 0 Å². The fourth-order valence-corrected chi connectivity index (χ4v) is 2.26. The van der Waals surface area contributed by atoms with Crippen molar-refractivity contribution in [1.82, 2.24) is 5.06 Å². The maximum absolute atomic E-state index is 11.1. The second kappa shape index (κ2) is 13.3. The maximum atomic E-state index is 11.1. The first-order valence-electron chi connectivity index (χ1n) is 8.81. The van der Waals surface area contributed by atoms with Crippen LogP contribution in [0.4, 0.5) is 0 Å². The van der Waals surface area contributed by atoms with E-state index in [-0.39, 0.29) is 11.6 Å². The molecule has 2 N–H and O–H groups in total. The standard InChI is InChI=1S/C17H36NO4/c1-16(2)12-9-7-5-4-6-8-10-14-22-15-11-13-18(21)17(3,19)20/h16,19-20H,4-15H2,1-3H3/q-1. The summed E-state index contributed by atoms with van der Waals surface area (Å²) in [6.45, 7) is 6.90. The highest BCUT2D eigenvalue weighted by atomic mass is 16.6. The van der Waals surface area contributed by atoms with E-state index in [1.165, 1.54) is 44.9 Å². The quantitative estimate of drug-likeness (QED) is 0.274. The van der Waals surface area contributed by atoms with Crippen LogP contribution in [0.25, 0.3) is 0 Å². The lowest BCUT2D eigenvalue weighted by molar-refractivity contribution is -0.234. The molecule has 0 fully saturated rings. The van der Waals surface area contributed by atoms with Crippen LogP contribution in [0, 0.1) is 11.1 Å². The number of hydrogen-bond donors (Lipinski definition) is 2. The molecule has 5 heteroatoms. The smallest absolute Gasteiger partial charge is 0.210 e. The predicted octanol–water partition coefficient (Wildman–Crippen LogP) is 3.63. The van der Waals surface area contributed by atoms with Crippen LogP contribution >= 0.6 is 0 Å². The lowest BCUT2D eigenvalue weighted by Gasteiger charge is -2.37. The second-order valence-electron chi connectivity index (χ2n) is 6.70. The van der Waals surface area contributed by atoms with Crippen molar-refractivity contribution in [2.45, 2.75) is 84.5 Å². The van der Waals surface area contributed by atoms with Gasteiger partial charge >= 0.3 is 0 Å². The van der Waals surface area contributed by atoms with E-state index in [2.05, 4.69) is 13.8 Å². The van der Waals surface area contributed by atoms with Gasteiger partial charge in [0.2, 0.25) is 5.91 Å². The van der Waals surface area contributed by atoms with E-state index < -0.39 is 5.91 Å². The highest BCUT2D eigenvalue weighted by Crippen LogP contribution is 2.12. The molecule has 0 heterocycles. The lowest BCUT2D eigenvalue weighted by atomic mass is 10.0. The summed E-state index contributed by atoms with van der Waals surface area (Å²) >= 11 is 0. The molecule has 0 aromatic carbocycles. The minimum absolute atomic E-state index is 0.0693. The van der Waals surface area contributed by atoms with E-state index in [1.807, 2.05) is 0 Å². The topological polar surface area (TPSA) is 76.0 Å².